The SMILES string of the molecule is CCC(C)(C)Nc1c(-c2ccc(OC)c(OC)c2)c(=O)c1=O. The molecule has 0 spiro atoms. The maximum atomic E-state index is 12.0. The minimum absolute atomic E-state index is 0.256. The molecule has 22 heavy (non-hydrogen) atoms. The molecule has 0 radical (unpaired) electrons. The maximum Gasteiger partial charge on any atom is 0.250 e. The van der Waals surface area contributed by atoms with Gasteiger partial charge in [-0.2, -0.15) is 0 Å². The Kier molecular flexibility index (Phi) is 4.26. The standard InChI is InChI=1S/C17H21NO4/c1-6-17(2,3)18-14-13(15(19)16(14)20)10-7-8-11(21-4)12(9-10)22-5/h7-9,18H,6H2,1-5H3. The van der Waals surface area contributed by atoms with Crippen LogP contribution in [0.4, 0.5) is 5.69 Å². The highest BCUT2D eigenvalue weighted by molar-refractivity contribution is 5.83. The van der Waals surface area contributed by atoms with Crippen LogP contribution in [0.15, 0.2) is 27.8 Å². The summed E-state index contributed by atoms with van der Waals surface area (Å²) < 4.78 is 10.4. The molecule has 2 aromatic rings. The van der Waals surface area contributed by atoms with Gasteiger partial charge in [-0.05, 0) is 38.0 Å². The number of benzene rings is 1. The van der Waals surface area contributed by atoms with Crippen LogP contribution in [0.1, 0.15) is 27.2 Å². The maximum absolute atomic E-state index is 12.0. The largest absolute Gasteiger partial charge is 0.493 e. The molecule has 2 rings (SSSR count). The fraction of sp³-hybridized carbons (Fsp3) is 0.412. The van der Waals surface area contributed by atoms with E-state index in [1.807, 2.05) is 20.8 Å². The minimum Gasteiger partial charge on any atom is -0.493 e. The van der Waals surface area contributed by atoms with E-state index in [4.69, 9.17) is 9.47 Å². The molecule has 0 amide bonds. The average molecular weight is 303 g/mol. The van der Waals surface area contributed by atoms with Gasteiger partial charge < -0.3 is 14.8 Å². The van der Waals surface area contributed by atoms with Crippen molar-refractivity contribution in [3.63, 3.8) is 0 Å². The van der Waals surface area contributed by atoms with Gasteiger partial charge >= 0.3 is 0 Å². The van der Waals surface area contributed by atoms with Gasteiger partial charge in [0.2, 0.25) is 10.9 Å². The second kappa shape index (κ2) is 5.83. The van der Waals surface area contributed by atoms with Gasteiger partial charge in [0.1, 0.15) is 0 Å². The summed E-state index contributed by atoms with van der Waals surface area (Å²) in [6, 6.07) is 5.18. The number of nitrogens with one attached hydrogen (secondary N) is 1. The molecule has 0 heterocycles. The number of hydrogen-bond donors (Lipinski definition) is 1. The topological polar surface area (TPSA) is 64.6 Å². The highest BCUT2D eigenvalue weighted by atomic mass is 16.5. The third kappa shape index (κ3) is 2.71. The second-order valence-corrected chi connectivity index (χ2v) is 5.84. The van der Waals surface area contributed by atoms with E-state index in [0.29, 0.717) is 28.3 Å². The molecule has 0 bridgehead atoms. The summed E-state index contributed by atoms with van der Waals surface area (Å²) in [6.45, 7) is 6.00. The lowest BCUT2D eigenvalue weighted by Gasteiger charge is -2.27. The van der Waals surface area contributed by atoms with Gasteiger partial charge in [0.05, 0.1) is 25.5 Å². The first-order chi connectivity index (χ1) is 10.3. The Labute approximate surface area is 129 Å². The van der Waals surface area contributed by atoms with E-state index in [1.165, 1.54) is 7.11 Å². The Morgan fingerprint density at radius 2 is 1.68 bits per heavy atom. The molecule has 5 nitrogen and oxygen atoms in total. The van der Waals surface area contributed by atoms with Gasteiger partial charge in [0.15, 0.2) is 11.5 Å². The van der Waals surface area contributed by atoms with Crippen LogP contribution in [0.5, 0.6) is 11.5 Å². The van der Waals surface area contributed by atoms with Gasteiger partial charge in [-0.1, -0.05) is 13.0 Å². The van der Waals surface area contributed by atoms with Crippen LogP contribution in [-0.2, 0) is 0 Å². The number of methoxy groups -OCH3 is 2. The van der Waals surface area contributed by atoms with E-state index in [9.17, 15) is 9.59 Å². The molecule has 118 valence electrons. The zero-order valence-corrected chi connectivity index (χ0v) is 13.6. The Hall–Kier alpha value is -2.30. The minimum atomic E-state index is -0.471. The van der Waals surface area contributed by atoms with Crippen LogP contribution in [-0.4, -0.2) is 19.8 Å². The smallest absolute Gasteiger partial charge is 0.250 e. The summed E-state index contributed by atoms with van der Waals surface area (Å²) in [5.74, 6) is 1.10. The molecule has 0 saturated heterocycles. The molecule has 2 aromatic carbocycles. The first-order valence-electron chi connectivity index (χ1n) is 7.18. The van der Waals surface area contributed by atoms with E-state index < -0.39 is 10.9 Å². The van der Waals surface area contributed by atoms with Crippen molar-refractivity contribution in [2.24, 2.45) is 0 Å². The van der Waals surface area contributed by atoms with Gasteiger partial charge in [-0.15, -0.1) is 0 Å². The van der Waals surface area contributed by atoms with Crippen LogP contribution >= 0.6 is 0 Å². The molecule has 0 unspecified atom stereocenters. The Morgan fingerprint density at radius 3 is 2.23 bits per heavy atom. The third-order valence-corrected chi connectivity index (χ3v) is 3.93. The summed E-state index contributed by atoms with van der Waals surface area (Å²) in [4.78, 5) is 23.9. The quantitative estimate of drug-likeness (QED) is 0.831. The molecular weight excluding hydrogens is 282 g/mol. The lowest BCUT2D eigenvalue weighted by molar-refractivity contribution is 0.355. The molecule has 1 N–H and O–H groups in total. The first-order valence-corrected chi connectivity index (χ1v) is 7.18. The van der Waals surface area contributed by atoms with Crippen LogP contribution in [0, 0.1) is 0 Å². The van der Waals surface area contributed by atoms with E-state index in [0.717, 1.165) is 6.42 Å². The lowest BCUT2D eigenvalue weighted by Crippen LogP contribution is -2.42. The van der Waals surface area contributed by atoms with E-state index >= 15 is 0 Å². The van der Waals surface area contributed by atoms with E-state index in [1.54, 1.807) is 25.3 Å². The Morgan fingerprint density at radius 1 is 1.05 bits per heavy atom. The Bertz CT molecular complexity index is 754. The molecule has 0 fully saturated rings. The van der Waals surface area contributed by atoms with E-state index in [2.05, 4.69) is 5.32 Å². The normalized spacial score (nSPS) is 11.5. The predicted octanol–water partition coefficient (Wildman–Crippen LogP) is 2.57. The number of ether oxygens (including phenoxy) is 2. The second-order valence-electron chi connectivity index (χ2n) is 5.84. The zero-order chi connectivity index (χ0) is 16.5. The summed E-state index contributed by atoms with van der Waals surface area (Å²) in [7, 11) is 3.08. The highest BCUT2D eigenvalue weighted by Crippen LogP contribution is 2.34. The summed E-state index contributed by atoms with van der Waals surface area (Å²) in [5, 5.41) is 3.17. The molecule has 0 saturated carbocycles. The van der Waals surface area contributed by atoms with Crippen LogP contribution in [0.25, 0.3) is 11.1 Å². The number of hydrogen-bond acceptors (Lipinski definition) is 5. The van der Waals surface area contributed by atoms with Crippen molar-refractivity contribution < 1.29 is 9.47 Å². The van der Waals surface area contributed by atoms with Gasteiger partial charge in [0, 0.05) is 5.54 Å². The van der Waals surface area contributed by atoms with Crippen molar-refractivity contribution >= 4 is 5.69 Å². The fourth-order valence-corrected chi connectivity index (χ4v) is 2.20. The lowest BCUT2D eigenvalue weighted by atomic mass is 9.94. The van der Waals surface area contributed by atoms with Crippen molar-refractivity contribution in [2.75, 3.05) is 19.5 Å². The van der Waals surface area contributed by atoms with Crippen molar-refractivity contribution in [2.45, 2.75) is 32.7 Å². The fourth-order valence-electron chi connectivity index (χ4n) is 2.20. The third-order valence-electron chi connectivity index (χ3n) is 3.93. The molecule has 0 atom stereocenters. The Balaban J connectivity index is 2.49. The van der Waals surface area contributed by atoms with Gasteiger partial charge in [-0.25, -0.2) is 0 Å². The molecule has 0 aliphatic heterocycles. The van der Waals surface area contributed by atoms with Crippen molar-refractivity contribution in [1.29, 1.82) is 0 Å². The molecule has 0 aromatic heterocycles. The highest BCUT2D eigenvalue weighted by Gasteiger charge is 2.27. The monoisotopic (exact) mass is 303 g/mol. The molecule has 0 aliphatic carbocycles. The van der Waals surface area contributed by atoms with Crippen LogP contribution < -0.4 is 25.6 Å². The van der Waals surface area contributed by atoms with Gasteiger partial charge in [-0.3, -0.25) is 9.59 Å². The van der Waals surface area contributed by atoms with Crippen LogP contribution in [0.2, 0.25) is 0 Å². The van der Waals surface area contributed by atoms with Crippen molar-refractivity contribution in [3.05, 3.63) is 38.6 Å². The average Bonchev–Trinajstić information content (AvgIpc) is 2.53. The van der Waals surface area contributed by atoms with Crippen LogP contribution in [0.3, 0.4) is 0 Å². The summed E-state index contributed by atoms with van der Waals surface area (Å²) >= 11 is 0. The molecule has 5 heteroatoms. The van der Waals surface area contributed by atoms with Crippen molar-refractivity contribution in [3.8, 4) is 22.6 Å². The van der Waals surface area contributed by atoms with E-state index in [-0.39, 0.29) is 5.54 Å². The predicted molar refractivity (Wildman–Crippen MR) is 87.9 cm³/mol. The molecular formula is C17H21NO4. The molecule has 0 aliphatic rings. The van der Waals surface area contributed by atoms with Gasteiger partial charge in [0.25, 0.3) is 0 Å². The van der Waals surface area contributed by atoms with Crippen molar-refractivity contribution in [1.82, 2.24) is 0 Å². The number of rotatable bonds is 6. The summed E-state index contributed by atoms with van der Waals surface area (Å²) in [5.41, 5.74) is 0.245. The number of anilines is 1. The first kappa shape index (κ1) is 16.1. The summed E-state index contributed by atoms with van der Waals surface area (Å²) in [6.07, 6.45) is 0.831. The zero-order valence-electron chi connectivity index (χ0n) is 13.6.